The Morgan fingerprint density at radius 1 is 1.50 bits per heavy atom. The minimum absolute atomic E-state index is 1.11. The molecule has 0 aromatic carbocycles. The molecule has 0 fully saturated rings. The summed E-state index contributed by atoms with van der Waals surface area (Å²) in [5.74, 6) is 0. The van der Waals surface area contributed by atoms with E-state index in [0.717, 1.165) is 5.69 Å². The fourth-order valence-corrected chi connectivity index (χ4v) is 1.32. The zero-order valence-corrected chi connectivity index (χ0v) is 7.53. The van der Waals surface area contributed by atoms with Crippen LogP contribution in [-0.4, -0.2) is 27.5 Å². The van der Waals surface area contributed by atoms with Gasteiger partial charge in [-0.15, -0.1) is 0 Å². The third-order valence-electron chi connectivity index (χ3n) is 0.888. The Morgan fingerprint density at radius 2 is 2.25 bits per heavy atom. The van der Waals surface area contributed by atoms with E-state index in [9.17, 15) is 0 Å². The van der Waals surface area contributed by atoms with Crippen LogP contribution in [0.5, 0.6) is 0 Å². The average Bonchev–Trinajstić information content (AvgIpc) is 1.64. The quantitative estimate of drug-likeness (QED) is 0.558. The zero-order chi connectivity index (χ0) is 5.98. The normalized spacial score (nSPS) is 9.25. The monoisotopic (exact) mass is 212 g/mol. The molecule has 0 bridgehead atoms. The molecule has 0 spiro atoms. The molecule has 0 N–H and O–H groups in total. The van der Waals surface area contributed by atoms with Crippen molar-refractivity contribution in [1.29, 1.82) is 0 Å². The van der Waals surface area contributed by atoms with Crippen molar-refractivity contribution in [3.8, 4) is 0 Å². The molecule has 0 saturated heterocycles. The first-order chi connectivity index (χ1) is 3.79. The van der Waals surface area contributed by atoms with Crippen molar-refractivity contribution >= 4 is 26.2 Å². The van der Waals surface area contributed by atoms with Gasteiger partial charge in [0.1, 0.15) is 0 Å². The molecule has 0 saturated carbocycles. The van der Waals surface area contributed by atoms with Gasteiger partial charge in [0.2, 0.25) is 0 Å². The van der Waals surface area contributed by atoms with E-state index in [1.165, 1.54) is 26.2 Å². The summed E-state index contributed by atoms with van der Waals surface area (Å²) in [4.78, 5) is 4.21. The van der Waals surface area contributed by atoms with E-state index in [0.29, 0.717) is 0 Å². The molecular weight excluding hydrogens is 205 g/mol. The molecule has 0 unspecified atom stereocenters. The number of aryl methyl sites for hydroxylation is 1. The topological polar surface area (TPSA) is 12.9 Å². The Morgan fingerprint density at radius 3 is 2.62 bits per heavy atom. The van der Waals surface area contributed by atoms with Crippen LogP contribution in [0.4, 0.5) is 0 Å². The molecule has 0 aliphatic rings. The van der Waals surface area contributed by atoms with Gasteiger partial charge in [-0.25, -0.2) is 0 Å². The van der Waals surface area contributed by atoms with Crippen LogP contribution in [0.3, 0.4) is 0 Å². The van der Waals surface area contributed by atoms with E-state index in [1.807, 2.05) is 25.1 Å². The van der Waals surface area contributed by atoms with Crippen LogP contribution < -0.4 is 3.71 Å². The van der Waals surface area contributed by atoms with Crippen LogP contribution in [0.1, 0.15) is 5.69 Å². The molecule has 0 aliphatic carbocycles. The molecule has 1 heterocycles. The second kappa shape index (κ2) is 2.48. The van der Waals surface area contributed by atoms with Crippen molar-refractivity contribution in [3.05, 3.63) is 23.9 Å². The second-order valence-electron chi connectivity index (χ2n) is 1.66. The summed E-state index contributed by atoms with van der Waals surface area (Å²) in [5, 5.41) is 0. The first kappa shape index (κ1) is 6.07. The predicted molar refractivity (Wildman–Crippen MR) is 34.4 cm³/mol. The molecule has 1 aromatic rings. The van der Waals surface area contributed by atoms with E-state index >= 15 is 0 Å². The molecular formula is C6H6NSn. The third-order valence-corrected chi connectivity index (χ3v) is 1.68. The Bertz CT molecular complexity index is 168. The molecule has 39 valence electrons. The summed E-state index contributed by atoms with van der Waals surface area (Å²) < 4.78 is 1.18. The third kappa shape index (κ3) is 1.47. The van der Waals surface area contributed by atoms with Crippen LogP contribution in [0, 0.1) is 6.92 Å². The summed E-state index contributed by atoms with van der Waals surface area (Å²) in [6.45, 7) is 2.01. The van der Waals surface area contributed by atoms with Crippen molar-refractivity contribution in [2.24, 2.45) is 0 Å². The van der Waals surface area contributed by atoms with E-state index in [-0.39, 0.29) is 0 Å². The summed E-state index contributed by atoms with van der Waals surface area (Å²) in [7, 11) is 0. The number of aromatic nitrogens is 1. The van der Waals surface area contributed by atoms with E-state index < -0.39 is 0 Å². The number of hydrogen-bond acceptors (Lipinski definition) is 1. The van der Waals surface area contributed by atoms with Crippen molar-refractivity contribution < 1.29 is 0 Å². The zero-order valence-electron chi connectivity index (χ0n) is 4.68. The molecule has 1 nitrogen and oxygen atoms in total. The van der Waals surface area contributed by atoms with Crippen molar-refractivity contribution in [2.75, 3.05) is 0 Å². The summed E-state index contributed by atoms with van der Waals surface area (Å²) in [5.41, 5.74) is 1.11. The molecule has 3 radical (unpaired) electrons. The molecule has 1 rings (SSSR count). The van der Waals surface area contributed by atoms with Crippen LogP contribution in [0.15, 0.2) is 18.2 Å². The van der Waals surface area contributed by atoms with Crippen LogP contribution in [-0.2, 0) is 0 Å². The molecule has 1 aromatic heterocycles. The maximum absolute atomic E-state index is 4.21. The van der Waals surface area contributed by atoms with E-state index in [2.05, 4.69) is 4.98 Å². The Hall–Kier alpha value is -0.0513. The van der Waals surface area contributed by atoms with Gasteiger partial charge in [-0.05, 0) is 0 Å². The standard InChI is InChI=1S/C6H6N.Sn/c1-6-4-2-3-5-7-6;/h2-4H,1H3;. The average molecular weight is 211 g/mol. The molecule has 0 aliphatic heterocycles. The van der Waals surface area contributed by atoms with Crippen molar-refractivity contribution in [3.63, 3.8) is 0 Å². The Balaban J connectivity index is 3.08. The Kier molecular flexibility index (Phi) is 1.89. The molecule has 0 amide bonds. The SMILES string of the molecule is Cc1ccc[c]([Sn])n1. The van der Waals surface area contributed by atoms with Crippen molar-refractivity contribution in [2.45, 2.75) is 6.92 Å². The molecule has 8 heavy (non-hydrogen) atoms. The van der Waals surface area contributed by atoms with Crippen LogP contribution in [0.25, 0.3) is 0 Å². The van der Waals surface area contributed by atoms with Gasteiger partial charge in [0.15, 0.2) is 0 Å². The van der Waals surface area contributed by atoms with Gasteiger partial charge < -0.3 is 0 Å². The van der Waals surface area contributed by atoms with Gasteiger partial charge in [0.05, 0.1) is 0 Å². The first-order valence-corrected chi connectivity index (χ1v) is 3.87. The van der Waals surface area contributed by atoms with E-state index in [4.69, 9.17) is 0 Å². The van der Waals surface area contributed by atoms with Crippen molar-refractivity contribution in [1.82, 2.24) is 4.98 Å². The Labute approximate surface area is 62.2 Å². The predicted octanol–water partition coefficient (Wildman–Crippen LogP) is 0.184. The summed E-state index contributed by atoms with van der Waals surface area (Å²) >= 11 is 1.39. The van der Waals surface area contributed by atoms with Gasteiger partial charge in [0, 0.05) is 0 Å². The summed E-state index contributed by atoms with van der Waals surface area (Å²) in [6, 6.07) is 6.07. The van der Waals surface area contributed by atoms with Gasteiger partial charge >= 0.3 is 62.0 Å². The second-order valence-corrected chi connectivity index (χ2v) is 3.13. The first-order valence-electron chi connectivity index (χ1n) is 2.44. The van der Waals surface area contributed by atoms with Gasteiger partial charge in [-0.1, -0.05) is 0 Å². The summed E-state index contributed by atoms with van der Waals surface area (Å²) in [6.07, 6.45) is 0. The number of pyridine rings is 1. The van der Waals surface area contributed by atoms with Gasteiger partial charge in [-0.3, -0.25) is 0 Å². The fourth-order valence-electron chi connectivity index (χ4n) is 0.543. The molecule has 0 atom stereocenters. The number of nitrogens with zero attached hydrogens (tertiary/aromatic N) is 1. The maximum atomic E-state index is 4.21. The molecule has 2 heteroatoms. The fraction of sp³-hybridized carbons (Fsp3) is 0.167. The van der Waals surface area contributed by atoms with E-state index in [1.54, 1.807) is 0 Å². The van der Waals surface area contributed by atoms with Crippen LogP contribution >= 0.6 is 0 Å². The van der Waals surface area contributed by atoms with Gasteiger partial charge in [0.25, 0.3) is 0 Å². The number of hydrogen-bond donors (Lipinski definition) is 0. The number of rotatable bonds is 0. The van der Waals surface area contributed by atoms with Crippen LogP contribution in [0.2, 0.25) is 0 Å². The minimum atomic E-state index is 1.11. The van der Waals surface area contributed by atoms with Gasteiger partial charge in [-0.2, -0.15) is 0 Å².